The number of hydrogen-bond donors (Lipinski definition) is 1. The molecule has 0 amide bonds. The van der Waals surface area contributed by atoms with Crippen molar-refractivity contribution < 1.29 is 4.92 Å². The molecule has 0 saturated heterocycles. The van der Waals surface area contributed by atoms with Gasteiger partial charge in [-0.25, -0.2) is 0 Å². The SMILES string of the molecule is NCC=Cc1csc([N+](=O)[O-])c1. The van der Waals surface area contributed by atoms with Gasteiger partial charge in [-0.05, 0) is 5.56 Å². The standard InChI is InChI=1S/C7H8N2O2S/c8-3-1-2-6-4-7(9(10)11)12-5-6/h1-2,4-5H,3,8H2. The van der Waals surface area contributed by atoms with Crippen LogP contribution in [0.4, 0.5) is 5.00 Å². The number of nitrogens with two attached hydrogens (primary N) is 1. The molecule has 12 heavy (non-hydrogen) atoms. The first kappa shape index (κ1) is 8.89. The highest BCUT2D eigenvalue weighted by atomic mass is 32.1. The molecule has 5 heteroatoms. The minimum absolute atomic E-state index is 0.159. The van der Waals surface area contributed by atoms with E-state index in [-0.39, 0.29) is 5.00 Å². The van der Waals surface area contributed by atoms with Gasteiger partial charge in [0.05, 0.1) is 4.92 Å². The van der Waals surface area contributed by atoms with E-state index in [9.17, 15) is 10.1 Å². The summed E-state index contributed by atoms with van der Waals surface area (Å²) in [4.78, 5) is 9.86. The van der Waals surface area contributed by atoms with E-state index in [4.69, 9.17) is 5.73 Å². The largest absolute Gasteiger partial charge is 0.327 e. The normalized spacial score (nSPS) is 10.8. The number of rotatable bonds is 3. The Hall–Kier alpha value is -1.20. The zero-order valence-corrected chi connectivity index (χ0v) is 7.08. The van der Waals surface area contributed by atoms with E-state index in [1.54, 1.807) is 17.5 Å². The van der Waals surface area contributed by atoms with Crippen molar-refractivity contribution in [3.05, 3.63) is 33.2 Å². The van der Waals surface area contributed by atoms with E-state index >= 15 is 0 Å². The molecule has 0 aromatic carbocycles. The van der Waals surface area contributed by atoms with E-state index in [1.807, 2.05) is 0 Å². The second-order valence-electron chi connectivity index (χ2n) is 2.11. The summed E-state index contributed by atoms with van der Waals surface area (Å²) in [6.07, 6.45) is 3.52. The Labute approximate surface area is 73.5 Å². The molecule has 4 nitrogen and oxygen atoms in total. The highest BCUT2D eigenvalue weighted by Gasteiger charge is 2.06. The fourth-order valence-electron chi connectivity index (χ4n) is 0.726. The lowest BCUT2D eigenvalue weighted by molar-refractivity contribution is -0.380. The third kappa shape index (κ3) is 2.14. The summed E-state index contributed by atoms with van der Waals surface area (Å²) in [5.74, 6) is 0. The average molecular weight is 184 g/mol. The van der Waals surface area contributed by atoms with Crippen LogP contribution in [0.15, 0.2) is 17.5 Å². The van der Waals surface area contributed by atoms with Gasteiger partial charge in [0.1, 0.15) is 0 Å². The van der Waals surface area contributed by atoms with Crippen LogP contribution in [0.1, 0.15) is 5.56 Å². The Bertz CT molecular complexity index is 306. The fraction of sp³-hybridized carbons (Fsp3) is 0.143. The molecule has 0 bridgehead atoms. The van der Waals surface area contributed by atoms with Gasteiger partial charge in [0.15, 0.2) is 0 Å². The fourth-order valence-corrected chi connectivity index (χ4v) is 1.42. The third-order valence-corrected chi connectivity index (χ3v) is 2.13. The minimum atomic E-state index is -0.398. The summed E-state index contributed by atoms with van der Waals surface area (Å²) in [6.45, 7) is 0.448. The monoisotopic (exact) mass is 184 g/mol. The summed E-state index contributed by atoms with van der Waals surface area (Å²) in [6, 6.07) is 1.52. The summed E-state index contributed by atoms with van der Waals surface area (Å²) >= 11 is 1.12. The van der Waals surface area contributed by atoms with E-state index in [0.717, 1.165) is 16.9 Å². The third-order valence-electron chi connectivity index (χ3n) is 1.23. The Balaban J connectivity index is 2.77. The van der Waals surface area contributed by atoms with Crippen LogP contribution < -0.4 is 5.73 Å². The molecule has 0 fully saturated rings. The summed E-state index contributed by atoms with van der Waals surface area (Å²) in [5.41, 5.74) is 6.06. The van der Waals surface area contributed by atoms with Crippen molar-refractivity contribution in [2.45, 2.75) is 0 Å². The molecular weight excluding hydrogens is 176 g/mol. The van der Waals surface area contributed by atoms with Gasteiger partial charge >= 0.3 is 5.00 Å². The smallest absolute Gasteiger partial charge is 0.324 e. The van der Waals surface area contributed by atoms with Gasteiger partial charge in [-0.3, -0.25) is 10.1 Å². The maximum Gasteiger partial charge on any atom is 0.324 e. The number of nitro groups is 1. The Morgan fingerprint density at radius 2 is 2.50 bits per heavy atom. The Kier molecular flexibility index (Phi) is 2.95. The molecule has 0 radical (unpaired) electrons. The Morgan fingerprint density at radius 3 is 3.00 bits per heavy atom. The van der Waals surface area contributed by atoms with E-state index in [1.165, 1.54) is 6.07 Å². The average Bonchev–Trinajstić information content (AvgIpc) is 2.48. The van der Waals surface area contributed by atoms with Gasteiger partial charge in [-0.1, -0.05) is 23.5 Å². The van der Waals surface area contributed by atoms with Crippen LogP contribution in [-0.4, -0.2) is 11.5 Å². The highest BCUT2D eigenvalue weighted by molar-refractivity contribution is 7.13. The van der Waals surface area contributed by atoms with Crippen LogP contribution in [0.3, 0.4) is 0 Å². The maximum absolute atomic E-state index is 10.3. The lowest BCUT2D eigenvalue weighted by Gasteiger charge is -1.80. The van der Waals surface area contributed by atoms with Crippen LogP contribution >= 0.6 is 11.3 Å². The van der Waals surface area contributed by atoms with E-state index in [2.05, 4.69) is 0 Å². The molecule has 0 spiro atoms. The Morgan fingerprint density at radius 1 is 1.75 bits per heavy atom. The number of nitrogens with zero attached hydrogens (tertiary/aromatic N) is 1. The van der Waals surface area contributed by atoms with Crippen LogP contribution in [0, 0.1) is 10.1 Å². The van der Waals surface area contributed by atoms with Crippen LogP contribution in [0.25, 0.3) is 6.08 Å². The van der Waals surface area contributed by atoms with Crippen molar-refractivity contribution >= 4 is 22.4 Å². The predicted molar refractivity (Wildman–Crippen MR) is 49.1 cm³/mol. The van der Waals surface area contributed by atoms with Gasteiger partial charge in [0.2, 0.25) is 0 Å². The van der Waals surface area contributed by atoms with Gasteiger partial charge in [-0.2, -0.15) is 0 Å². The van der Waals surface area contributed by atoms with Gasteiger partial charge < -0.3 is 5.73 Å². The topological polar surface area (TPSA) is 69.2 Å². The van der Waals surface area contributed by atoms with Crippen molar-refractivity contribution in [2.75, 3.05) is 6.54 Å². The van der Waals surface area contributed by atoms with Crippen LogP contribution in [-0.2, 0) is 0 Å². The summed E-state index contributed by atoms with van der Waals surface area (Å²) in [7, 11) is 0. The van der Waals surface area contributed by atoms with E-state index < -0.39 is 4.92 Å². The van der Waals surface area contributed by atoms with Gasteiger partial charge in [0.25, 0.3) is 0 Å². The molecule has 1 rings (SSSR count). The van der Waals surface area contributed by atoms with Crippen molar-refractivity contribution in [3.8, 4) is 0 Å². The van der Waals surface area contributed by atoms with Crippen molar-refractivity contribution in [3.63, 3.8) is 0 Å². The van der Waals surface area contributed by atoms with Gasteiger partial charge in [-0.15, -0.1) is 0 Å². The molecule has 0 aliphatic heterocycles. The zero-order valence-electron chi connectivity index (χ0n) is 6.27. The molecule has 2 N–H and O–H groups in total. The lowest BCUT2D eigenvalue weighted by atomic mass is 10.3. The number of hydrogen-bond acceptors (Lipinski definition) is 4. The van der Waals surface area contributed by atoms with Crippen molar-refractivity contribution in [1.82, 2.24) is 0 Å². The molecule has 1 aromatic heterocycles. The first-order valence-corrected chi connectivity index (χ1v) is 4.21. The second-order valence-corrected chi connectivity index (χ2v) is 3.00. The molecule has 0 aliphatic rings. The minimum Gasteiger partial charge on any atom is -0.327 e. The summed E-state index contributed by atoms with van der Waals surface area (Å²) in [5, 5.41) is 12.1. The van der Waals surface area contributed by atoms with Crippen LogP contribution in [0.5, 0.6) is 0 Å². The van der Waals surface area contributed by atoms with Crippen molar-refractivity contribution in [2.24, 2.45) is 5.73 Å². The van der Waals surface area contributed by atoms with Crippen LogP contribution in [0.2, 0.25) is 0 Å². The molecule has 0 atom stereocenters. The molecule has 64 valence electrons. The molecular formula is C7H8N2O2S. The quantitative estimate of drug-likeness (QED) is 0.573. The lowest BCUT2D eigenvalue weighted by Crippen LogP contribution is -1.91. The molecule has 0 saturated carbocycles. The first-order valence-electron chi connectivity index (χ1n) is 3.33. The van der Waals surface area contributed by atoms with Crippen molar-refractivity contribution in [1.29, 1.82) is 0 Å². The number of thiophene rings is 1. The molecule has 1 aromatic rings. The van der Waals surface area contributed by atoms with E-state index in [0.29, 0.717) is 6.54 Å². The highest BCUT2D eigenvalue weighted by Crippen LogP contribution is 2.23. The second kappa shape index (κ2) is 3.99. The molecule has 1 heterocycles. The first-order chi connectivity index (χ1) is 5.74. The molecule has 0 aliphatic carbocycles. The summed E-state index contributed by atoms with van der Waals surface area (Å²) < 4.78 is 0. The van der Waals surface area contributed by atoms with Gasteiger partial charge in [0, 0.05) is 18.0 Å². The maximum atomic E-state index is 10.3. The zero-order chi connectivity index (χ0) is 8.97. The predicted octanol–water partition coefficient (Wildman–Crippen LogP) is 1.63. The molecule has 0 unspecified atom stereocenters.